The minimum absolute atomic E-state index is 0.00497. The van der Waals surface area contributed by atoms with Crippen molar-refractivity contribution < 1.29 is 9.59 Å². The first-order valence-corrected chi connectivity index (χ1v) is 10.0. The van der Waals surface area contributed by atoms with E-state index in [2.05, 4.69) is 41.5 Å². The summed E-state index contributed by atoms with van der Waals surface area (Å²) in [5, 5.41) is 3.25. The molecule has 0 aromatic heterocycles. The molecule has 3 N–H and O–H groups in total. The molecule has 0 unspecified atom stereocenters. The van der Waals surface area contributed by atoms with Crippen LogP contribution in [0.15, 0.2) is 30.3 Å². The summed E-state index contributed by atoms with van der Waals surface area (Å²) >= 11 is 0. The topological polar surface area (TPSA) is 78.7 Å². The van der Waals surface area contributed by atoms with Crippen LogP contribution in [0.2, 0.25) is 0 Å². The van der Waals surface area contributed by atoms with Gasteiger partial charge in [-0.05, 0) is 57.9 Å². The summed E-state index contributed by atoms with van der Waals surface area (Å²) < 4.78 is 0. The average molecular weight is 373 g/mol. The lowest BCUT2D eigenvalue weighted by Gasteiger charge is -2.42. The van der Waals surface area contributed by atoms with Crippen LogP contribution in [0, 0.1) is 5.92 Å². The monoisotopic (exact) mass is 372 g/mol. The van der Waals surface area contributed by atoms with Crippen LogP contribution in [0.25, 0.3) is 0 Å². The van der Waals surface area contributed by atoms with E-state index in [4.69, 9.17) is 5.73 Å². The fourth-order valence-electron chi connectivity index (χ4n) is 4.44. The zero-order chi connectivity index (χ0) is 19.3. The number of hydrogen-bond acceptors (Lipinski definition) is 4. The number of benzene rings is 1. The number of carbonyl (C=O) groups excluding carboxylic acids is 2. The number of piperidine rings is 2. The summed E-state index contributed by atoms with van der Waals surface area (Å²) in [5.74, 6) is -0.277. The van der Waals surface area contributed by atoms with E-state index < -0.39 is 0 Å². The Morgan fingerprint density at radius 3 is 2.56 bits per heavy atom. The fraction of sp³-hybridized carbons (Fsp3) is 0.619. The van der Waals surface area contributed by atoms with E-state index in [-0.39, 0.29) is 29.7 Å². The molecule has 2 heterocycles. The minimum atomic E-state index is -0.328. The van der Waals surface area contributed by atoms with Crippen molar-refractivity contribution in [3.05, 3.63) is 35.9 Å². The zero-order valence-electron chi connectivity index (χ0n) is 16.3. The van der Waals surface area contributed by atoms with Crippen LogP contribution in [0.3, 0.4) is 0 Å². The predicted molar refractivity (Wildman–Crippen MR) is 106 cm³/mol. The molecular formula is C21H32N4O2. The summed E-state index contributed by atoms with van der Waals surface area (Å²) in [5.41, 5.74) is 6.63. The standard InChI is InChI=1S/C21H32N4O2/c1-24-12-9-21(10-13-24,18-7-3-2-4-8-18)16-23-20(27)17-6-5-11-25(14-17)15-19(22)26/h2-4,7-8,17H,5-6,9-16H2,1H3,(H2,22,26)(H,23,27)/t17-/m0/s1. The highest BCUT2D eigenvalue weighted by molar-refractivity contribution is 5.79. The zero-order valence-corrected chi connectivity index (χ0v) is 16.3. The quantitative estimate of drug-likeness (QED) is 0.780. The van der Waals surface area contributed by atoms with Crippen LogP contribution in [0.1, 0.15) is 31.2 Å². The number of carbonyl (C=O) groups is 2. The Kier molecular flexibility index (Phi) is 6.50. The highest BCUT2D eigenvalue weighted by Gasteiger charge is 2.36. The molecule has 2 saturated heterocycles. The average Bonchev–Trinajstić information content (AvgIpc) is 2.68. The second-order valence-electron chi connectivity index (χ2n) is 8.21. The second-order valence-corrected chi connectivity index (χ2v) is 8.21. The molecule has 3 rings (SSSR count). The molecule has 6 heteroatoms. The van der Waals surface area contributed by atoms with E-state index in [0.717, 1.165) is 45.3 Å². The number of nitrogens with zero attached hydrogens (tertiary/aromatic N) is 2. The molecule has 148 valence electrons. The summed E-state index contributed by atoms with van der Waals surface area (Å²) in [4.78, 5) is 28.4. The number of rotatable bonds is 6. The Bertz CT molecular complexity index is 641. The van der Waals surface area contributed by atoms with Crippen molar-refractivity contribution in [2.24, 2.45) is 11.7 Å². The minimum Gasteiger partial charge on any atom is -0.369 e. The van der Waals surface area contributed by atoms with E-state index in [0.29, 0.717) is 13.1 Å². The molecule has 1 atom stereocenters. The Hall–Kier alpha value is -1.92. The maximum absolute atomic E-state index is 12.8. The molecule has 0 bridgehead atoms. The normalized spacial score (nSPS) is 23.7. The second kappa shape index (κ2) is 8.85. The Morgan fingerprint density at radius 1 is 1.19 bits per heavy atom. The van der Waals surface area contributed by atoms with Crippen molar-refractivity contribution in [3.63, 3.8) is 0 Å². The highest BCUT2D eigenvalue weighted by Crippen LogP contribution is 2.34. The van der Waals surface area contributed by atoms with Gasteiger partial charge >= 0.3 is 0 Å². The number of hydrogen-bond donors (Lipinski definition) is 2. The van der Waals surface area contributed by atoms with Gasteiger partial charge in [-0.3, -0.25) is 14.5 Å². The third-order valence-corrected chi connectivity index (χ3v) is 6.19. The predicted octanol–water partition coefficient (Wildman–Crippen LogP) is 0.964. The van der Waals surface area contributed by atoms with Gasteiger partial charge in [-0.25, -0.2) is 0 Å². The van der Waals surface area contributed by atoms with Crippen molar-refractivity contribution in [3.8, 4) is 0 Å². The molecule has 2 amide bonds. The Labute approximate surface area is 162 Å². The van der Waals surface area contributed by atoms with Gasteiger partial charge in [-0.1, -0.05) is 30.3 Å². The first-order valence-electron chi connectivity index (χ1n) is 10.0. The smallest absolute Gasteiger partial charge is 0.231 e. The van der Waals surface area contributed by atoms with Gasteiger partial charge in [0.1, 0.15) is 0 Å². The first kappa shape index (κ1) is 19.8. The van der Waals surface area contributed by atoms with Crippen LogP contribution in [-0.4, -0.2) is 67.9 Å². The van der Waals surface area contributed by atoms with Crippen molar-refractivity contribution in [1.29, 1.82) is 0 Å². The molecule has 0 aliphatic carbocycles. The fourth-order valence-corrected chi connectivity index (χ4v) is 4.44. The molecular weight excluding hydrogens is 340 g/mol. The van der Waals surface area contributed by atoms with Gasteiger partial charge < -0.3 is 16.0 Å². The molecule has 0 saturated carbocycles. The maximum Gasteiger partial charge on any atom is 0.231 e. The van der Waals surface area contributed by atoms with Crippen LogP contribution in [0.5, 0.6) is 0 Å². The van der Waals surface area contributed by atoms with Crippen molar-refractivity contribution >= 4 is 11.8 Å². The number of nitrogens with two attached hydrogens (primary N) is 1. The molecule has 0 spiro atoms. The number of nitrogens with one attached hydrogen (secondary N) is 1. The summed E-state index contributed by atoms with van der Waals surface area (Å²) in [6, 6.07) is 10.6. The summed E-state index contributed by atoms with van der Waals surface area (Å²) in [6.07, 6.45) is 3.90. The molecule has 1 aromatic rings. The first-order chi connectivity index (χ1) is 13.0. The van der Waals surface area contributed by atoms with E-state index >= 15 is 0 Å². The highest BCUT2D eigenvalue weighted by atomic mass is 16.2. The number of likely N-dealkylation sites (tertiary alicyclic amines) is 2. The molecule has 2 fully saturated rings. The van der Waals surface area contributed by atoms with Gasteiger partial charge in [0.25, 0.3) is 0 Å². The van der Waals surface area contributed by atoms with Crippen LogP contribution >= 0.6 is 0 Å². The van der Waals surface area contributed by atoms with Gasteiger partial charge in [0.05, 0.1) is 12.5 Å². The maximum atomic E-state index is 12.8. The van der Waals surface area contributed by atoms with Crippen LogP contribution < -0.4 is 11.1 Å². The van der Waals surface area contributed by atoms with E-state index in [1.54, 1.807) is 0 Å². The lowest BCUT2D eigenvalue weighted by molar-refractivity contribution is -0.128. The van der Waals surface area contributed by atoms with Crippen molar-refractivity contribution in [2.45, 2.75) is 31.1 Å². The molecule has 2 aliphatic heterocycles. The third-order valence-electron chi connectivity index (χ3n) is 6.19. The third kappa shape index (κ3) is 5.08. The van der Waals surface area contributed by atoms with Crippen LogP contribution in [-0.2, 0) is 15.0 Å². The van der Waals surface area contributed by atoms with Gasteiger partial charge in [-0.2, -0.15) is 0 Å². The molecule has 1 aromatic carbocycles. The van der Waals surface area contributed by atoms with E-state index in [1.165, 1.54) is 5.56 Å². The van der Waals surface area contributed by atoms with Gasteiger partial charge in [0, 0.05) is 18.5 Å². The largest absolute Gasteiger partial charge is 0.369 e. The lowest BCUT2D eigenvalue weighted by Crippen LogP contribution is -2.51. The lowest BCUT2D eigenvalue weighted by atomic mass is 9.72. The molecule has 6 nitrogen and oxygen atoms in total. The SMILES string of the molecule is CN1CCC(CNC(=O)[C@H]2CCCN(CC(N)=O)C2)(c2ccccc2)CC1. The van der Waals surface area contributed by atoms with Crippen LogP contribution in [0.4, 0.5) is 0 Å². The van der Waals surface area contributed by atoms with E-state index in [9.17, 15) is 9.59 Å². The molecule has 27 heavy (non-hydrogen) atoms. The Morgan fingerprint density at radius 2 is 1.89 bits per heavy atom. The number of amides is 2. The molecule has 2 aliphatic rings. The summed E-state index contributed by atoms with van der Waals surface area (Å²) in [7, 11) is 2.16. The van der Waals surface area contributed by atoms with Crippen molar-refractivity contribution in [1.82, 2.24) is 15.1 Å². The van der Waals surface area contributed by atoms with Gasteiger partial charge in [-0.15, -0.1) is 0 Å². The number of primary amides is 1. The molecule has 0 radical (unpaired) electrons. The van der Waals surface area contributed by atoms with E-state index in [1.807, 2.05) is 11.0 Å². The van der Waals surface area contributed by atoms with Crippen molar-refractivity contribution in [2.75, 3.05) is 46.3 Å². The van der Waals surface area contributed by atoms with Gasteiger partial charge in [0.15, 0.2) is 0 Å². The summed E-state index contributed by atoms with van der Waals surface area (Å²) in [6.45, 7) is 4.46. The van der Waals surface area contributed by atoms with Gasteiger partial charge in [0.2, 0.25) is 11.8 Å². The Balaban J connectivity index is 1.63.